The van der Waals surface area contributed by atoms with E-state index in [9.17, 15) is 8.42 Å². The number of hydrogen-bond acceptors (Lipinski definition) is 6. The van der Waals surface area contributed by atoms with Crippen molar-refractivity contribution in [2.45, 2.75) is 25.0 Å². The summed E-state index contributed by atoms with van der Waals surface area (Å²) in [7, 11) is -1.56. The maximum absolute atomic E-state index is 11.3. The summed E-state index contributed by atoms with van der Waals surface area (Å²) >= 11 is 1.70. The van der Waals surface area contributed by atoms with Gasteiger partial charge in [0.05, 0.1) is 30.8 Å². The second kappa shape index (κ2) is 7.22. The number of sulfonamides is 1. The van der Waals surface area contributed by atoms with E-state index in [0.717, 1.165) is 25.8 Å². The topological polar surface area (TPSA) is 76.5 Å². The molecule has 2 aromatic rings. The Bertz CT molecular complexity index is 758. The van der Waals surface area contributed by atoms with Gasteiger partial charge in [0.1, 0.15) is 0 Å². The normalized spacial score (nSPS) is 22.1. The molecule has 1 fully saturated rings. The van der Waals surface area contributed by atoms with Gasteiger partial charge in [-0.2, -0.15) is 16.4 Å². The molecule has 0 aromatic carbocycles. The lowest BCUT2D eigenvalue weighted by Gasteiger charge is -2.22. The third kappa shape index (κ3) is 4.35. The molecule has 0 bridgehead atoms. The van der Waals surface area contributed by atoms with Crippen LogP contribution in [0.1, 0.15) is 18.0 Å². The van der Waals surface area contributed by atoms with Crippen molar-refractivity contribution in [2.24, 2.45) is 0 Å². The highest BCUT2D eigenvalue weighted by molar-refractivity contribution is 7.92. The Hall–Kier alpha value is -1.42. The maximum atomic E-state index is 11.3. The smallest absolute Gasteiger partial charge is 0.229 e. The number of likely N-dealkylation sites (tertiary alicyclic amines) is 1. The molecule has 0 saturated carbocycles. The molecule has 0 spiro atoms. The van der Waals surface area contributed by atoms with E-state index < -0.39 is 10.0 Å². The number of aromatic nitrogens is 2. The average Bonchev–Trinajstić information content (AvgIpc) is 3.20. The Morgan fingerprint density at radius 1 is 1.50 bits per heavy atom. The highest BCUT2D eigenvalue weighted by Crippen LogP contribution is 2.29. The van der Waals surface area contributed by atoms with Gasteiger partial charge >= 0.3 is 0 Å². The van der Waals surface area contributed by atoms with Gasteiger partial charge in [0.2, 0.25) is 10.0 Å². The summed E-state index contributed by atoms with van der Waals surface area (Å²) in [6, 6.07) is 2.68. The fourth-order valence-corrected chi connectivity index (χ4v) is 4.32. The van der Waals surface area contributed by atoms with E-state index in [4.69, 9.17) is 4.74 Å². The summed E-state index contributed by atoms with van der Waals surface area (Å²) in [4.78, 5) is 2.40. The van der Waals surface area contributed by atoms with Crippen LogP contribution in [0.5, 0.6) is 0 Å². The molecule has 24 heavy (non-hydrogen) atoms. The zero-order valence-corrected chi connectivity index (χ0v) is 15.4. The maximum Gasteiger partial charge on any atom is 0.229 e. The van der Waals surface area contributed by atoms with Gasteiger partial charge in [-0.3, -0.25) is 14.3 Å². The van der Waals surface area contributed by atoms with Crippen LogP contribution in [0.25, 0.3) is 0 Å². The summed E-state index contributed by atoms with van der Waals surface area (Å²) < 4.78 is 32.3. The van der Waals surface area contributed by atoms with E-state index in [-0.39, 0.29) is 6.04 Å². The first-order chi connectivity index (χ1) is 11.4. The van der Waals surface area contributed by atoms with Crippen molar-refractivity contribution >= 4 is 27.0 Å². The van der Waals surface area contributed by atoms with Gasteiger partial charge in [0.25, 0.3) is 0 Å². The predicted octanol–water partition coefficient (Wildman–Crippen LogP) is 1.78. The summed E-state index contributed by atoms with van der Waals surface area (Å²) in [5.41, 5.74) is 1.80. The lowest BCUT2D eigenvalue weighted by molar-refractivity contribution is 0.112. The molecule has 1 aliphatic heterocycles. The van der Waals surface area contributed by atoms with E-state index in [1.165, 1.54) is 5.56 Å². The average molecular weight is 371 g/mol. The number of rotatable bonds is 7. The summed E-state index contributed by atoms with van der Waals surface area (Å²) in [6.45, 7) is 2.43. The summed E-state index contributed by atoms with van der Waals surface area (Å²) in [5.74, 6) is 0. The predicted molar refractivity (Wildman–Crippen MR) is 94.7 cm³/mol. The molecular formula is C15H22N4O3S2. The van der Waals surface area contributed by atoms with Gasteiger partial charge in [-0.15, -0.1) is 0 Å². The number of nitrogens with one attached hydrogen (secondary N) is 1. The van der Waals surface area contributed by atoms with Crippen molar-refractivity contribution in [3.05, 3.63) is 34.8 Å². The second-order valence-electron chi connectivity index (χ2n) is 6.14. The molecule has 2 aromatic heterocycles. The molecule has 9 heteroatoms. The monoisotopic (exact) mass is 370 g/mol. The standard InChI is InChI=1S/C15H22N4O3S2/c1-22-10-15-5-14(9-18(15)7-12-3-4-23-11-12)19-8-13(6-16-19)17-24(2,20)21/h3-4,6,8,11,14-15,17H,5,7,9-10H2,1-2H3/t14-,15-/m0/s1. The minimum atomic E-state index is -3.28. The highest BCUT2D eigenvalue weighted by Gasteiger charge is 2.33. The molecule has 3 heterocycles. The van der Waals surface area contributed by atoms with Gasteiger partial charge in [0, 0.05) is 32.4 Å². The molecule has 1 aliphatic rings. The number of ether oxygens (including phenoxy) is 1. The van der Waals surface area contributed by atoms with Gasteiger partial charge in [0.15, 0.2) is 0 Å². The van der Waals surface area contributed by atoms with Crippen LogP contribution < -0.4 is 4.72 Å². The van der Waals surface area contributed by atoms with Crippen molar-refractivity contribution < 1.29 is 13.2 Å². The number of anilines is 1. The Kier molecular flexibility index (Phi) is 5.24. The van der Waals surface area contributed by atoms with Gasteiger partial charge in [-0.1, -0.05) is 0 Å². The van der Waals surface area contributed by atoms with E-state index in [2.05, 4.69) is 31.5 Å². The van der Waals surface area contributed by atoms with Crippen LogP contribution in [-0.2, 0) is 21.3 Å². The van der Waals surface area contributed by atoms with Crippen molar-refractivity contribution in [1.29, 1.82) is 0 Å². The second-order valence-corrected chi connectivity index (χ2v) is 8.67. The van der Waals surface area contributed by atoms with Crippen LogP contribution >= 0.6 is 11.3 Å². The molecule has 0 aliphatic carbocycles. The highest BCUT2D eigenvalue weighted by atomic mass is 32.2. The Balaban J connectivity index is 1.70. The SMILES string of the molecule is COC[C@@H]1C[C@H](n2cc(NS(C)(=O)=O)cn2)CN1Cc1ccsc1. The summed E-state index contributed by atoms with van der Waals surface area (Å²) in [5, 5.41) is 8.59. The Labute approximate surface area is 146 Å². The zero-order valence-electron chi connectivity index (χ0n) is 13.8. The molecule has 7 nitrogen and oxygen atoms in total. The van der Waals surface area contributed by atoms with Crippen molar-refractivity contribution in [1.82, 2.24) is 14.7 Å². The zero-order chi connectivity index (χ0) is 17.2. The molecule has 132 valence electrons. The Morgan fingerprint density at radius 3 is 3.00 bits per heavy atom. The first kappa shape index (κ1) is 17.4. The van der Waals surface area contributed by atoms with Crippen molar-refractivity contribution in [3.8, 4) is 0 Å². The number of thiophene rings is 1. The molecule has 1 N–H and O–H groups in total. The van der Waals surface area contributed by atoms with Gasteiger partial charge in [-0.25, -0.2) is 8.42 Å². The van der Waals surface area contributed by atoms with Crippen LogP contribution in [0.4, 0.5) is 5.69 Å². The molecule has 1 saturated heterocycles. The van der Waals surface area contributed by atoms with E-state index in [0.29, 0.717) is 18.3 Å². The lowest BCUT2D eigenvalue weighted by atomic mass is 10.2. The third-order valence-electron chi connectivity index (χ3n) is 4.11. The minimum Gasteiger partial charge on any atom is -0.383 e. The quantitative estimate of drug-likeness (QED) is 0.804. The molecule has 3 rings (SSSR count). The molecule has 0 unspecified atom stereocenters. The number of methoxy groups -OCH3 is 1. The van der Waals surface area contributed by atoms with E-state index in [1.54, 1.807) is 30.8 Å². The first-order valence-corrected chi connectivity index (χ1v) is 10.5. The van der Waals surface area contributed by atoms with Crippen LogP contribution in [0, 0.1) is 0 Å². The molecule has 0 amide bonds. The van der Waals surface area contributed by atoms with Crippen LogP contribution in [0.2, 0.25) is 0 Å². The van der Waals surface area contributed by atoms with Crippen LogP contribution in [0.3, 0.4) is 0 Å². The van der Waals surface area contributed by atoms with Crippen molar-refractivity contribution in [2.75, 3.05) is 31.2 Å². The fraction of sp³-hybridized carbons (Fsp3) is 0.533. The van der Waals surface area contributed by atoms with Crippen LogP contribution in [-0.4, -0.2) is 55.7 Å². The molecule has 2 atom stereocenters. The van der Waals surface area contributed by atoms with E-state index >= 15 is 0 Å². The largest absolute Gasteiger partial charge is 0.383 e. The number of hydrogen-bond donors (Lipinski definition) is 1. The fourth-order valence-electron chi connectivity index (χ4n) is 3.13. The van der Waals surface area contributed by atoms with Crippen molar-refractivity contribution in [3.63, 3.8) is 0 Å². The van der Waals surface area contributed by atoms with Gasteiger partial charge in [-0.05, 0) is 28.8 Å². The van der Waals surface area contributed by atoms with E-state index in [1.807, 2.05) is 4.68 Å². The number of nitrogens with zero attached hydrogens (tertiary/aromatic N) is 3. The van der Waals surface area contributed by atoms with Gasteiger partial charge < -0.3 is 4.74 Å². The third-order valence-corrected chi connectivity index (χ3v) is 5.45. The minimum absolute atomic E-state index is 0.207. The molecular weight excluding hydrogens is 348 g/mol. The van der Waals surface area contributed by atoms with Crippen LogP contribution in [0.15, 0.2) is 29.2 Å². The Morgan fingerprint density at radius 2 is 2.33 bits per heavy atom. The molecule has 0 radical (unpaired) electrons. The summed E-state index contributed by atoms with van der Waals surface area (Å²) in [6.07, 6.45) is 5.37. The lowest BCUT2D eigenvalue weighted by Crippen LogP contribution is -2.32. The first-order valence-electron chi connectivity index (χ1n) is 7.70.